The van der Waals surface area contributed by atoms with E-state index in [9.17, 15) is 14.4 Å². The Hall–Kier alpha value is -3.13. The molecule has 1 aliphatic heterocycles. The standard InChI is InChI=1S/C25H31N3O5/c29-19-26(33-18-21-10-2-1-3-11-21)17-22(16-20-8-4-5-9-20)24(30)27-13-7-14-28(27)25(31)23-12-6-15-32-23/h1-3,6,10-12,15,19-20,22H,4-5,7-9,13-14,16-18H2/t22-/m1/s1. The first-order valence-electron chi connectivity index (χ1n) is 11.7. The molecule has 33 heavy (non-hydrogen) atoms. The van der Waals surface area contributed by atoms with Crippen molar-refractivity contribution in [1.29, 1.82) is 0 Å². The van der Waals surface area contributed by atoms with Gasteiger partial charge >= 0.3 is 5.91 Å². The molecule has 0 spiro atoms. The van der Waals surface area contributed by atoms with E-state index in [-0.39, 0.29) is 30.7 Å². The van der Waals surface area contributed by atoms with E-state index in [1.165, 1.54) is 34.2 Å². The zero-order valence-corrected chi connectivity index (χ0v) is 18.8. The van der Waals surface area contributed by atoms with Crippen LogP contribution in [0.3, 0.4) is 0 Å². The highest BCUT2D eigenvalue weighted by Crippen LogP contribution is 2.32. The van der Waals surface area contributed by atoms with E-state index in [0.717, 1.165) is 18.4 Å². The van der Waals surface area contributed by atoms with Gasteiger partial charge in [0.1, 0.15) is 6.61 Å². The van der Waals surface area contributed by atoms with E-state index in [1.54, 1.807) is 12.1 Å². The first kappa shape index (κ1) is 23.0. The number of furan rings is 1. The van der Waals surface area contributed by atoms with Gasteiger partial charge in [0.15, 0.2) is 5.76 Å². The van der Waals surface area contributed by atoms with Gasteiger partial charge in [-0.15, -0.1) is 0 Å². The summed E-state index contributed by atoms with van der Waals surface area (Å²) in [5.74, 6) is -0.257. The molecule has 1 saturated carbocycles. The topological polar surface area (TPSA) is 83.3 Å². The van der Waals surface area contributed by atoms with Crippen LogP contribution in [0, 0.1) is 11.8 Å². The Morgan fingerprint density at radius 2 is 1.82 bits per heavy atom. The molecule has 8 nitrogen and oxygen atoms in total. The Morgan fingerprint density at radius 1 is 1.06 bits per heavy atom. The minimum absolute atomic E-state index is 0.144. The summed E-state index contributed by atoms with van der Waals surface area (Å²) in [6.45, 7) is 1.34. The highest BCUT2D eigenvalue weighted by molar-refractivity contribution is 5.93. The van der Waals surface area contributed by atoms with Crippen LogP contribution in [0.25, 0.3) is 0 Å². The van der Waals surface area contributed by atoms with Crippen molar-refractivity contribution in [3.8, 4) is 0 Å². The van der Waals surface area contributed by atoms with E-state index in [0.29, 0.717) is 38.3 Å². The molecule has 0 unspecified atom stereocenters. The van der Waals surface area contributed by atoms with E-state index in [1.807, 2.05) is 30.3 Å². The lowest BCUT2D eigenvalue weighted by Crippen LogP contribution is -2.49. The molecule has 1 saturated heterocycles. The third-order valence-electron chi connectivity index (χ3n) is 6.45. The Balaban J connectivity index is 1.45. The lowest BCUT2D eigenvalue weighted by Gasteiger charge is -2.32. The number of nitrogens with zero attached hydrogens (tertiary/aromatic N) is 3. The summed E-state index contributed by atoms with van der Waals surface area (Å²) in [7, 11) is 0. The van der Waals surface area contributed by atoms with Gasteiger partial charge in [0, 0.05) is 13.1 Å². The summed E-state index contributed by atoms with van der Waals surface area (Å²) in [5.41, 5.74) is 0.942. The molecule has 1 aromatic heterocycles. The summed E-state index contributed by atoms with van der Waals surface area (Å²) in [6.07, 6.45) is 7.97. The van der Waals surface area contributed by atoms with Crippen molar-refractivity contribution in [2.75, 3.05) is 19.6 Å². The average molecular weight is 454 g/mol. The molecule has 4 rings (SSSR count). The largest absolute Gasteiger partial charge is 0.459 e. The zero-order chi connectivity index (χ0) is 23.0. The van der Waals surface area contributed by atoms with Crippen LogP contribution in [0.4, 0.5) is 0 Å². The van der Waals surface area contributed by atoms with Gasteiger partial charge < -0.3 is 4.42 Å². The van der Waals surface area contributed by atoms with Crippen LogP contribution in [-0.4, -0.2) is 52.9 Å². The summed E-state index contributed by atoms with van der Waals surface area (Å²) >= 11 is 0. The number of carbonyl (C=O) groups is 3. The molecule has 0 N–H and O–H groups in total. The van der Waals surface area contributed by atoms with Gasteiger partial charge in [-0.3, -0.25) is 24.2 Å². The molecule has 0 radical (unpaired) electrons. The molecular formula is C25H31N3O5. The van der Waals surface area contributed by atoms with Crippen molar-refractivity contribution in [2.24, 2.45) is 11.8 Å². The van der Waals surface area contributed by atoms with Crippen molar-refractivity contribution in [2.45, 2.75) is 45.1 Å². The molecule has 0 bridgehead atoms. The fourth-order valence-electron chi connectivity index (χ4n) is 4.77. The van der Waals surface area contributed by atoms with Gasteiger partial charge in [-0.1, -0.05) is 56.0 Å². The monoisotopic (exact) mass is 453 g/mol. The minimum Gasteiger partial charge on any atom is -0.459 e. The fourth-order valence-corrected chi connectivity index (χ4v) is 4.77. The van der Waals surface area contributed by atoms with Crippen molar-refractivity contribution in [3.63, 3.8) is 0 Å². The Labute approximate surface area is 194 Å². The predicted molar refractivity (Wildman–Crippen MR) is 120 cm³/mol. The number of hydrogen-bond donors (Lipinski definition) is 0. The van der Waals surface area contributed by atoms with Gasteiger partial charge in [0.2, 0.25) is 12.3 Å². The number of hydrogen-bond acceptors (Lipinski definition) is 5. The van der Waals surface area contributed by atoms with Gasteiger partial charge in [-0.2, -0.15) is 0 Å². The molecule has 8 heteroatoms. The van der Waals surface area contributed by atoms with Gasteiger partial charge in [-0.05, 0) is 36.5 Å². The van der Waals surface area contributed by atoms with Crippen LogP contribution in [0.5, 0.6) is 0 Å². The molecule has 3 amide bonds. The maximum absolute atomic E-state index is 13.6. The Kier molecular flexibility index (Phi) is 7.78. The molecule has 176 valence electrons. The summed E-state index contributed by atoms with van der Waals surface area (Å²) in [5, 5.41) is 4.23. The fraction of sp³-hybridized carbons (Fsp3) is 0.480. The second-order valence-corrected chi connectivity index (χ2v) is 8.77. The molecule has 2 heterocycles. The molecule has 2 aliphatic rings. The second kappa shape index (κ2) is 11.1. The lowest BCUT2D eigenvalue weighted by molar-refractivity contribution is -0.184. The predicted octanol–water partition coefficient (Wildman–Crippen LogP) is 3.66. The number of amides is 3. The number of benzene rings is 1. The van der Waals surface area contributed by atoms with Crippen LogP contribution in [0.15, 0.2) is 53.1 Å². The molecule has 1 aromatic carbocycles. The Bertz CT molecular complexity index is 911. The molecule has 2 fully saturated rings. The number of hydrazine groups is 1. The van der Waals surface area contributed by atoms with E-state index < -0.39 is 5.92 Å². The lowest BCUT2D eigenvalue weighted by atomic mass is 9.92. The van der Waals surface area contributed by atoms with Crippen LogP contribution in [0.2, 0.25) is 0 Å². The van der Waals surface area contributed by atoms with Crippen molar-refractivity contribution in [3.05, 3.63) is 60.1 Å². The first-order valence-corrected chi connectivity index (χ1v) is 11.7. The average Bonchev–Trinajstić information content (AvgIpc) is 3.63. The SMILES string of the molecule is O=CN(C[C@@H](CC1CCCC1)C(=O)N1CCCN1C(=O)c1ccco1)OCc1ccccc1. The van der Waals surface area contributed by atoms with Crippen molar-refractivity contribution < 1.29 is 23.6 Å². The second-order valence-electron chi connectivity index (χ2n) is 8.77. The van der Waals surface area contributed by atoms with Crippen molar-refractivity contribution >= 4 is 18.2 Å². The van der Waals surface area contributed by atoms with Crippen LogP contribution < -0.4 is 0 Å². The number of carbonyl (C=O) groups excluding carboxylic acids is 3. The third-order valence-corrected chi connectivity index (χ3v) is 6.45. The van der Waals surface area contributed by atoms with E-state index in [4.69, 9.17) is 9.25 Å². The Morgan fingerprint density at radius 3 is 2.52 bits per heavy atom. The molecule has 1 aliphatic carbocycles. The van der Waals surface area contributed by atoms with Crippen LogP contribution in [0.1, 0.15) is 54.6 Å². The van der Waals surface area contributed by atoms with Gasteiger partial charge in [0.05, 0.1) is 18.7 Å². The summed E-state index contributed by atoms with van der Waals surface area (Å²) < 4.78 is 5.26. The quantitative estimate of drug-likeness (QED) is 0.405. The first-order chi connectivity index (χ1) is 16.2. The smallest absolute Gasteiger partial charge is 0.308 e. The molecule has 2 aromatic rings. The highest BCUT2D eigenvalue weighted by atomic mass is 16.7. The van der Waals surface area contributed by atoms with Gasteiger partial charge in [0.25, 0.3) is 0 Å². The maximum Gasteiger partial charge on any atom is 0.308 e. The maximum atomic E-state index is 13.6. The molecule has 1 atom stereocenters. The summed E-state index contributed by atoms with van der Waals surface area (Å²) in [4.78, 5) is 44.0. The van der Waals surface area contributed by atoms with Crippen LogP contribution >= 0.6 is 0 Å². The third kappa shape index (κ3) is 5.82. The van der Waals surface area contributed by atoms with Crippen molar-refractivity contribution in [1.82, 2.24) is 15.1 Å². The minimum atomic E-state index is -0.445. The van der Waals surface area contributed by atoms with Gasteiger partial charge in [-0.25, -0.2) is 10.1 Å². The molecular weight excluding hydrogens is 422 g/mol. The number of rotatable bonds is 10. The normalized spacial score (nSPS) is 17.3. The van der Waals surface area contributed by atoms with E-state index >= 15 is 0 Å². The van der Waals surface area contributed by atoms with Crippen LogP contribution in [-0.2, 0) is 21.0 Å². The zero-order valence-electron chi connectivity index (χ0n) is 18.8. The highest BCUT2D eigenvalue weighted by Gasteiger charge is 2.37. The number of hydroxylamine groups is 2. The summed E-state index contributed by atoms with van der Waals surface area (Å²) in [6, 6.07) is 12.8. The van der Waals surface area contributed by atoms with E-state index in [2.05, 4.69) is 0 Å².